The number of alkyl halides is 3. The lowest BCUT2D eigenvalue weighted by molar-refractivity contribution is -0.242. The molecule has 1 rings (SSSR count). The highest BCUT2D eigenvalue weighted by Crippen LogP contribution is 2.31. The molecule has 0 aliphatic heterocycles. The van der Waals surface area contributed by atoms with E-state index in [2.05, 4.69) is 0 Å². The summed E-state index contributed by atoms with van der Waals surface area (Å²) in [6.45, 7) is 0.649. The third-order valence-corrected chi connectivity index (χ3v) is 3.05. The normalized spacial score (nSPS) is 13.9. The van der Waals surface area contributed by atoms with Gasteiger partial charge in [-0.3, -0.25) is 4.79 Å². The van der Waals surface area contributed by atoms with Crippen molar-refractivity contribution in [2.75, 3.05) is 18.5 Å². The Kier molecular flexibility index (Phi) is 6.16. The predicted molar refractivity (Wildman–Crippen MR) is 77.4 cm³/mol. The molecule has 0 radical (unpaired) electrons. The van der Waals surface area contributed by atoms with Crippen molar-refractivity contribution in [2.24, 2.45) is 5.73 Å². The molecule has 0 saturated heterocycles. The number of aromatic hydroxyl groups is 1. The number of hydrogen-bond donors (Lipinski definition) is 4. The largest absolute Gasteiger partial charge is 0.507 e. The van der Waals surface area contributed by atoms with E-state index in [4.69, 9.17) is 10.5 Å². The molecule has 0 fully saturated rings. The molecule has 0 aromatic heterocycles. The minimum Gasteiger partial charge on any atom is -0.507 e. The second-order valence-electron chi connectivity index (χ2n) is 5.03. The first-order chi connectivity index (χ1) is 11.0. The van der Waals surface area contributed by atoms with E-state index in [0.29, 0.717) is 19.9 Å². The second-order valence-corrected chi connectivity index (χ2v) is 5.03. The molecular formula is C14H17F3N2O5. The summed E-state index contributed by atoms with van der Waals surface area (Å²) in [5.74, 6) is -3.18. The minimum absolute atomic E-state index is 0.0434. The predicted octanol–water partition coefficient (Wildman–Crippen LogP) is 1.15. The molecule has 24 heavy (non-hydrogen) atoms. The fourth-order valence-electron chi connectivity index (χ4n) is 1.49. The van der Waals surface area contributed by atoms with Gasteiger partial charge in [0.1, 0.15) is 11.3 Å². The molecule has 0 aliphatic carbocycles. The fraction of sp³-hybridized carbons (Fsp3) is 0.429. The van der Waals surface area contributed by atoms with Crippen LogP contribution < -0.4 is 11.1 Å². The molecule has 10 heteroatoms. The van der Waals surface area contributed by atoms with E-state index in [9.17, 15) is 33.0 Å². The molecule has 134 valence electrons. The third kappa shape index (κ3) is 4.59. The average molecular weight is 350 g/mol. The summed E-state index contributed by atoms with van der Waals surface area (Å²) in [4.78, 5) is 23.2. The molecule has 1 atom stereocenters. The number of nitrogens with two attached hydrogens (primary N) is 1. The Morgan fingerprint density at radius 3 is 2.46 bits per heavy atom. The number of esters is 1. The van der Waals surface area contributed by atoms with Gasteiger partial charge in [0.15, 0.2) is 0 Å². The summed E-state index contributed by atoms with van der Waals surface area (Å²) >= 11 is 0. The highest BCUT2D eigenvalue weighted by molar-refractivity contribution is 5.99. The standard InChI is InChI=1S/C14H17F3N2O5/c1-13(23,14(15,16)17)12(22)19-8-3-4-9(10(20)7-8)11(21)24-6-2-5-18/h3-4,7,20,23H,2,5-6,18H2,1H3,(H,19,22). The van der Waals surface area contributed by atoms with Crippen LogP contribution in [0.1, 0.15) is 23.7 Å². The molecular weight excluding hydrogens is 333 g/mol. The number of nitrogens with one attached hydrogen (secondary N) is 1. The fourth-order valence-corrected chi connectivity index (χ4v) is 1.49. The monoisotopic (exact) mass is 350 g/mol. The second kappa shape index (κ2) is 7.49. The van der Waals surface area contributed by atoms with Gasteiger partial charge >= 0.3 is 12.1 Å². The molecule has 0 heterocycles. The molecule has 1 unspecified atom stereocenters. The maximum absolute atomic E-state index is 12.6. The lowest BCUT2D eigenvalue weighted by Gasteiger charge is -2.24. The first-order valence-electron chi connectivity index (χ1n) is 6.81. The highest BCUT2D eigenvalue weighted by atomic mass is 19.4. The number of carbonyl (C=O) groups excluding carboxylic acids is 2. The Morgan fingerprint density at radius 2 is 1.96 bits per heavy atom. The number of phenols is 1. The molecule has 0 saturated carbocycles. The lowest BCUT2D eigenvalue weighted by Crippen LogP contribution is -2.52. The number of carbonyl (C=O) groups is 2. The van der Waals surface area contributed by atoms with Gasteiger partial charge in [0.25, 0.3) is 5.91 Å². The maximum atomic E-state index is 12.6. The van der Waals surface area contributed by atoms with E-state index < -0.39 is 29.4 Å². The molecule has 5 N–H and O–H groups in total. The van der Waals surface area contributed by atoms with Gasteiger partial charge in [-0.05, 0) is 32.0 Å². The Bertz CT molecular complexity index is 617. The number of rotatable bonds is 6. The van der Waals surface area contributed by atoms with Crippen LogP contribution >= 0.6 is 0 Å². The lowest BCUT2D eigenvalue weighted by atomic mass is 10.1. The minimum atomic E-state index is -5.17. The first-order valence-corrected chi connectivity index (χ1v) is 6.81. The summed E-state index contributed by atoms with van der Waals surface area (Å²) in [5, 5.41) is 20.8. The van der Waals surface area contributed by atoms with Gasteiger partial charge in [0.05, 0.1) is 6.61 Å². The van der Waals surface area contributed by atoms with Gasteiger partial charge in [-0.2, -0.15) is 13.2 Å². The zero-order valence-corrected chi connectivity index (χ0v) is 12.7. The maximum Gasteiger partial charge on any atom is 0.426 e. The molecule has 1 amide bonds. The Labute approximate surface area is 135 Å². The van der Waals surface area contributed by atoms with E-state index in [1.54, 1.807) is 0 Å². The van der Waals surface area contributed by atoms with Gasteiger partial charge in [-0.15, -0.1) is 0 Å². The highest BCUT2D eigenvalue weighted by Gasteiger charge is 2.55. The number of benzene rings is 1. The number of ether oxygens (including phenoxy) is 1. The summed E-state index contributed by atoms with van der Waals surface area (Å²) in [6, 6.07) is 3.02. The number of amides is 1. The number of hydrogen-bond acceptors (Lipinski definition) is 6. The Hall–Kier alpha value is -2.33. The molecule has 0 aliphatic rings. The van der Waals surface area contributed by atoms with Crippen LogP contribution in [0, 0.1) is 0 Å². The smallest absolute Gasteiger partial charge is 0.426 e. The third-order valence-electron chi connectivity index (χ3n) is 3.05. The molecule has 0 bridgehead atoms. The van der Waals surface area contributed by atoms with E-state index in [1.807, 2.05) is 5.32 Å². The van der Waals surface area contributed by atoms with Crippen LogP contribution in [0.3, 0.4) is 0 Å². The van der Waals surface area contributed by atoms with Gasteiger partial charge in [-0.1, -0.05) is 0 Å². The summed E-state index contributed by atoms with van der Waals surface area (Å²) in [7, 11) is 0. The SMILES string of the molecule is CC(O)(C(=O)Nc1ccc(C(=O)OCCCN)c(O)c1)C(F)(F)F. The van der Waals surface area contributed by atoms with Gasteiger partial charge in [0, 0.05) is 11.8 Å². The van der Waals surface area contributed by atoms with Crippen LogP contribution in [-0.2, 0) is 9.53 Å². The van der Waals surface area contributed by atoms with Crippen LogP contribution in [-0.4, -0.2) is 47.0 Å². The van der Waals surface area contributed by atoms with Gasteiger partial charge in [-0.25, -0.2) is 4.79 Å². The van der Waals surface area contributed by atoms with Crippen molar-refractivity contribution >= 4 is 17.6 Å². The van der Waals surface area contributed by atoms with Crippen molar-refractivity contribution < 1.29 is 37.7 Å². The van der Waals surface area contributed by atoms with E-state index in [-0.39, 0.29) is 17.9 Å². The van der Waals surface area contributed by atoms with Crippen LogP contribution in [0.4, 0.5) is 18.9 Å². The van der Waals surface area contributed by atoms with Crippen molar-refractivity contribution in [3.63, 3.8) is 0 Å². The number of anilines is 1. The van der Waals surface area contributed by atoms with E-state index in [0.717, 1.165) is 18.2 Å². The summed E-state index contributed by atoms with van der Waals surface area (Å²) in [6.07, 6.45) is -4.75. The van der Waals surface area contributed by atoms with Gasteiger partial charge < -0.3 is 26.0 Å². The van der Waals surface area contributed by atoms with E-state index >= 15 is 0 Å². The van der Waals surface area contributed by atoms with Crippen molar-refractivity contribution in [1.82, 2.24) is 0 Å². The van der Waals surface area contributed by atoms with Crippen LogP contribution in [0.15, 0.2) is 18.2 Å². The summed E-state index contributed by atoms with van der Waals surface area (Å²) in [5.41, 5.74) is 1.16. The zero-order valence-electron chi connectivity index (χ0n) is 12.7. The number of phenolic OH excluding ortho intramolecular Hbond substituents is 1. The Balaban J connectivity index is 2.85. The molecule has 0 spiro atoms. The number of aliphatic hydroxyl groups is 1. The van der Waals surface area contributed by atoms with Crippen molar-refractivity contribution in [3.05, 3.63) is 23.8 Å². The van der Waals surface area contributed by atoms with Gasteiger partial charge in [0.2, 0.25) is 5.60 Å². The topological polar surface area (TPSA) is 122 Å². The van der Waals surface area contributed by atoms with Crippen molar-refractivity contribution in [1.29, 1.82) is 0 Å². The van der Waals surface area contributed by atoms with Crippen molar-refractivity contribution in [2.45, 2.75) is 25.1 Å². The zero-order chi connectivity index (χ0) is 18.5. The average Bonchev–Trinajstić information content (AvgIpc) is 2.46. The van der Waals surface area contributed by atoms with Crippen LogP contribution in [0.5, 0.6) is 5.75 Å². The summed E-state index contributed by atoms with van der Waals surface area (Å²) < 4.78 is 42.5. The number of halogens is 3. The van der Waals surface area contributed by atoms with Crippen molar-refractivity contribution in [3.8, 4) is 5.75 Å². The molecule has 1 aromatic carbocycles. The first kappa shape index (κ1) is 19.7. The quantitative estimate of drug-likeness (QED) is 0.451. The molecule has 1 aromatic rings. The van der Waals surface area contributed by atoms with Crippen LogP contribution in [0.2, 0.25) is 0 Å². The van der Waals surface area contributed by atoms with E-state index in [1.165, 1.54) is 0 Å². The Morgan fingerprint density at radius 1 is 1.33 bits per heavy atom. The molecule has 7 nitrogen and oxygen atoms in total. The van der Waals surface area contributed by atoms with Crippen LogP contribution in [0.25, 0.3) is 0 Å².